The Hall–Kier alpha value is -1.70. The molecule has 0 bridgehead atoms. The largest absolute Gasteiger partial charge is 0.479 e. The van der Waals surface area contributed by atoms with Gasteiger partial charge in [0.05, 0.1) is 0 Å². The van der Waals surface area contributed by atoms with Gasteiger partial charge in [0.25, 0.3) is 0 Å². The van der Waals surface area contributed by atoms with Gasteiger partial charge < -0.3 is 15.1 Å². The summed E-state index contributed by atoms with van der Waals surface area (Å²) in [6.07, 6.45) is 4.71. The van der Waals surface area contributed by atoms with Crippen LogP contribution in [0.2, 0.25) is 0 Å². The van der Waals surface area contributed by atoms with Crippen LogP contribution in [0.1, 0.15) is 64.9 Å². The standard InChI is InChI=1S/C22H31NO3.ClH/c1-4-7-15-21(16-9-8-10-17-21)22(26,20(24)25)18-11-13-19(14-12-18)23(5-2)6-3;/h11-14,26H,5-6,8-10,15-17H2,1-3H3,(H,24,25);1H. The number of nitrogens with zero attached hydrogens (tertiary/aromatic N) is 1. The van der Waals surface area contributed by atoms with Crippen LogP contribution in [-0.4, -0.2) is 29.3 Å². The van der Waals surface area contributed by atoms with Crippen LogP contribution in [0.4, 0.5) is 5.69 Å². The molecule has 0 amide bonds. The molecule has 0 aliphatic heterocycles. The molecule has 1 saturated carbocycles. The van der Waals surface area contributed by atoms with Crippen molar-refractivity contribution in [3.05, 3.63) is 29.8 Å². The summed E-state index contributed by atoms with van der Waals surface area (Å²) in [6.45, 7) is 7.70. The Morgan fingerprint density at radius 2 is 1.70 bits per heavy atom. The lowest BCUT2D eigenvalue weighted by atomic mass is 9.59. The molecule has 0 heterocycles. The van der Waals surface area contributed by atoms with E-state index < -0.39 is 17.0 Å². The molecule has 150 valence electrons. The van der Waals surface area contributed by atoms with Crippen molar-refractivity contribution >= 4 is 24.1 Å². The molecule has 27 heavy (non-hydrogen) atoms. The van der Waals surface area contributed by atoms with Crippen molar-refractivity contribution in [2.24, 2.45) is 5.41 Å². The molecule has 0 radical (unpaired) electrons. The van der Waals surface area contributed by atoms with Crippen LogP contribution in [0.25, 0.3) is 0 Å². The van der Waals surface area contributed by atoms with Crippen molar-refractivity contribution in [1.29, 1.82) is 0 Å². The van der Waals surface area contributed by atoms with Crippen molar-refractivity contribution in [1.82, 2.24) is 0 Å². The average molecular weight is 394 g/mol. The maximum Gasteiger partial charge on any atom is 0.341 e. The zero-order valence-corrected chi connectivity index (χ0v) is 17.4. The van der Waals surface area contributed by atoms with Gasteiger partial charge in [0.15, 0.2) is 5.60 Å². The van der Waals surface area contributed by atoms with E-state index in [9.17, 15) is 15.0 Å². The van der Waals surface area contributed by atoms with Gasteiger partial charge in [-0.25, -0.2) is 4.79 Å². The van der Waals surface area contributed by atoms with Gasteiger partial charge in [-0.2, -0.15) is 0 Å². The van der Waals surface area contributed by atoms with Crippen LogP contribution in [0, 0.1) is 17.3 Å². The van der Waals surface area contributed by atoms with E-state index in [1.807, 2.05) is 12.1 Å². The molecular weight excluding hydrogens is 362 g/mol. The van der Waals surface area contributed by atoms with Gasteiger partial charge in [0.1, 0.15) is 0 Å². The van der Waals surface area contributed by atoms with Gasteiger partial charge in [-0.3, -0.25) is 0 Å². The number of rotatable bonds is 7. The molecule has 1 aromatic carbocycles. The van der Waals surface area contributed by atoms with Crippen molar-refractivity contribution in [2.45, 2.75) is 64.9 Å². The Labute approximate surface area is 169 Å². The lowest BCUT2D eigenvalue weighted by Crippen LogP contribution is -2.52. The number of halogens is 1. The summed E-state index contributed by atoms with van der Waals surface area (Å²) >= 11 is 0. The Morgan fingerprint density at radius 1 is 1.15 bits per heavy atom. The predicted molar refractivity (Wildman–Crippen MR) is 112 cm³/mol. The second-order valence-electron chi connectivity index (χ2n) is 7.18. The smallest absolute Gasteiger partial charge is 0.341 e. The first-order chi connectivity index (χ1) is 12.4. The summed E-state index contributed by atoms with van der Waals surface area (Å²) in [4.78, 5) is 14.5. The quantitative estimate of drug-likeness (QED) is 0.665. The summed E-state index contributed by atoms with van der Waals surface area (Å²) in [5.41, 5.74) is -1.16. The van der Waals surface area contributed by atoms with Crippen molar-refractivity contribution in [3.8, 4) is 11.8 Å². The molecule has 1 aliphatic rings. The molecule has 5 heteroatoms. The Morgan fingerprint density at radius 3 is 2.15 bits per heavy atom. The first kappa shape index (κ1) is 23.3. The fourth-order valence-corrected chi connectivity index (χ4v) is 4.31. The van der Waals surface area contributed by atoms with Gasteiger partial charge in [-0.1, -0.05) is 31.4 Å². The molecule has 2 N–H and O–H groups in total. The minimum Gasteiger partial charge on any atom is -0.479 e. The number of hydrogen-bond donors (Lipinski definition) is 2. The molecule has 1 fully saturated rings. The fraction of sp³-hybridized carbons (Fsp3) is 0.591. The van der Waals surface area contributed by atoms with Gasteiger partial charge in [0.2, 0.25) is 0 Å². The van der Waals surface area contributed by atoms with E-state index in [0.29, 0.717) is 24.8 Å². The summed E-state index contributed by atoms with van der Waals surface area (Å²) in [5.74, 6) is 4.76. The molecule has 1 atom stereocenters. The van der Waals surface area contributed by atoms with E-state index in [-0.39, 0.29) is 12.4 Å². The molecule has 0 spiro atoms. The van der Waals surface area contributed by atoms with E-state index in [1.165, 1.54) is 0 Å². The number of aliphatic carboxylic acids is 1. The summed E-state index contributed by atoms with van der Waals surface area (Å²) in [6, 6.07) is 7.38. The van der Waals surface area contributed by atoms with Gasteiger partial charge in [-0.15, -0.1) is 24.2 Å². The number of carboxylic acid groups (broad SMARTS) is 1. The van der Waals surface area contributed by atoms with Crippen LogP contribution < -0.4 is 4.90 Å². The number of anilines is 1. The third-order valence-corrected chi connectivity index (χ3v) is 5.90. The summed E-state index contributed by atoms with van der Waals surface area (Å²) in [7, 11) is 0. The fourth-order valence-electron chi connectivity index (χ4n) is 4.31. The molecule has 1 aliphatic carbocycles. The molecular formula is C22H32ClNO3. The Kier molecular flexibility index (Phi) is 8.65. The van der Waals surface area contributed by atoms with E-state index in [1.54, 1.807) is 19.1 Å². The monoisotopic (exact) mass is 393 g/mol. The molecule has 0 saturated heterocycles. The lowest BCUT2D eigenvalue weighted by molar-refractivity contribution is -0.182. The molecule has 2 rings (SSSR count). The number of carbonyl (C=O) groups is 1. The highest BCUT2D eigenvalue weighted by atomic mass is 35.5. The molecule has 4 nitrogen and oxygen atoms in total. The number of carboxylic acids is 1. The highest BCUT2D eigenvalue weighted by molar-refractivity contribution is 5.85. The molecule has 1 aromatic rings. The molecule has 0 aromatic heterocycles. The normalized spacial score (nSPS) is 17.6. The van der Waals surface area contributed by atoms with Gasteiger partial charge >= 0.3 is 5.97 Å². The zero-order valence-electron chi connectivity index (χ0n) is 16.6. The van der Waals surface area contributed by atoms with E-state index >= 15 is 0 Å². The minimum atomic E-state index is -1.92. The van der Waals surface area contributed by atoms with Crippen molar-refractivity contribution in [3.63, 3.8) is 0 Å². The second-order valence-corrected chi connectivity index (χ2v) is 7.18. The second kappa shape index (κ2) is 10.0. The lowest BCUT2D eigenvalue weighted by Gasteiger charge is -2.46. The van der Waals surface area contributed by atoms with Crippen LogP contribution in [0.3, 0.4) is 0 Å². The predicted octanol–water partition coefficient (Wildman–Crippen LogP) is 4.59. The topological polar surface area (TPSA) is 60.8 Å². The maximum absolute atomic E-state index is 12.3. The summed E-state index contributed by atoms with van der Waals surface area (Å²) < 4.78 is 0. The first-order valence-electron chi connectivity index (χ1n) is 9.66. The first-order valence-corrected chi connectivity index (χ1v) is 9.66. The maximum atomic E-state index is 12.3. The van der Waals surface area contributed by atoms with E-state index in [4.69, 9.17) is 0 Å². The minimum absolute atomic E-state index is 0. The number of hydrogen-bond acceptors (Lipinski definition) is 3. The highest BCUT2D eigenvalue weighted by Gasteiger charge is 2.56. The van der Waals surface area contributed by atoms with Crippen LogP contribution in [0.15, 0.2) is 24.3 Å². The molecule has 1 unspecified atom stereocenters. The number of benzene rings is 1. The van der Waals surface area contributed by atoms with Crippen molar-refractivity contribution in [2.75, 3.05) is 18.0 Å². The van der Waals surface area contributed by atoms with E-state index in [2.05, 4.69) is 30.6 Å². The average Bonchev–Trinajstić information content (AvgIpc) is 2.67. The third kappa shape index (κ3) is 4.42. The Balaban J connectivity index is 0.00000364. The van der Waals surface area contributed by atoms with Crippen LogP contribution >= 0.6 is 12.4 Å². The van der Waals surface area contributed by atoms with Crippen LogP contribution in [0.5, 0.6) is 0 Å². The van der Waals surface area contributed by atoms with E-state index in [0.717, 1.165) is 38.0 Å². The highest BCUT2D eigenvalue weighted by Crippen LogP contribution is 2.52. The van der Waals surface area contributed by atoms with Gasteiger partial charge in [-0.05, 0) is 51.3 Å². The zero-order chi connectivity index (χ0) is 19.2. The van der Waals surface area contributed by atoms with Gasteiger partial charge in [0, 0.05) is 30.6 Å². The number of aliphatic hydroxyl groups is 1. The third-order valence-electron chi connectivity index (χ3n) is 5.90. The SMILES string of the molecule is CC#CCC1(C(O)(C(=O)O)c2ccc(N(CC)CC)cc2)CCCCC1.Cl. The van der Waals surface area contributed by atoms with Crippen molar-refractivity contribution < 1.29 is 15.0 Å². The van der Waals surface area contributed by atoms with Crippen LogP contribution in [-0.2, 0) is 10.4 Å². The Bertz CT molecular complexity index is 667. The summed E-state index contributed by atoms with van der Waals surface area (Å²) in [5, 5.41) is 21.6.